The fourth-order valence-electron chi connectivity index (χ4n) is 2.97. The number of benzene rings is 1. The molecule has 166 valence electrons. The van der Waals surface area contributed by atoms with Gasteiger partial charge in [0.2, 0.25) is 5.88 Å². The van der Waals surface area contributed by atoms with E-state index in [-0.39, 0.29) is 11.6 Å². The lowest BCUT2D eigenvalue weighted by molar-refractivity contribution is -0.275. The lowest BCUT2D eigenvalue weighted by Crippen LogP contribution is -2.39. The van der Waals surface area contributed by atoms with Gasteiger partial charge in [-0.2, -0.15) is 0 Å². The first-order valence-corrected chi connectivity index (χ1v) is 9.67. The van der Waals surface area contributed by atoms with Crippen molar-refractivity contribution in [3.63, 3.8) is 0 Å². The lowest BCUT2D eigenvalue weighted by atomic mass is 10.0. The average Bonchev–Trinajstić information content (AvgIpc) is 2.68. The van der Waals surface area contributed by atoms with Crippen LogP contribution in [0.3, 0.4) is 0 Å². The Bertz CT molecular complexity index is 968. The van der Waals surface area contributed by atoms with E-state index in [1.54, 1.807) is 43.9 Å². The molecule has 1 amide bonds. The summed E-state index contributed by atoms with van der Waals surface area (Å²) in [5.74, 6) is -0.412. The van der Waals surface area contributed by atoms with E-state index in [1.165, 1.54) is 24.4 Å². The summed E-state index contributed by atoms with van der Waals surface area (Å²) in [6, 6.07) is 8.98. The van der Waals surface area contributed by atoms with Gasteiger partial charge in [-0.25, -0.2) is 9.78 Å². The van der Waals surface area contributed by atoms with Crippen molar-refractivity contribution in [2.24, 2.45) is 0 Å². The molecule has 1 aliphatic heterocycles. The van der Waals surface area contributed by atoms with Crippen molar-refractivity contribution in [2.75, 3.05) is 13.1 Å². The van der Waals surface area contributed by atoms with Crippen LogP contribution in [0, 0.1) is 0 Å². The first kappa shape index (κ1) is 22.5. The van der Waals surface area contributed by atoms with Crippen LogP contribution in [0.5, 0.6) is 17.4 Å². The number of para-hydroxylation sites is 2. The molecule has 0 bridgehead atoms. The van der Waals surface area contributed by atoms with Crippen LogP contribution in [0.15, 0.2) is 48.7 Å². The van der Waals surface area contributed by atoms with E-state index in [2.05, 4.69) is 9.72 Å². The standard InChI is InChI=1S/C22H23F3N2O4/c1-21(2,3)31-20(28)27-13-10-15(11-14-27)16-7-6-12-26-19(16)29-17-8-4-5-9-18(17)30-22(23,24)25/h4-10,12H,11,13-14H2,1-3H3. The van der Waals surface area contributed by atoms with Gasteiger partial charge in [0.05, 0.1) is 0 Å². The van der Waals surface area contributed by atoms with Crippen molar-refractivity contribution in [1.82, 2.24) is 9.88 Å². The number of amides is 1. The minimum absolute atomic E-state index is 0.105. The molecule has 1 aromatic carbocycles. The molecule has 0 unspecified atom stereocenters. The maximum absolute atomic E-state index is 12.7. The molecule has 1 aromatic heterocycles. The molecule has 0 aliphatic carbocycles. The zero-order valence-corrected chi connectivity index (χ0v) is 17.4. The van der Waals surface area contributed by atoms with Gasteiger partial charge in [-0.05, 0) is 57.0 Å². The van der Waals surface area contributed by atoms with Gasteiger partial charge in [-0.15, -0.1) is 13.2 Å². The number of carbonyl (C=O) groups is 1. The number of aromatic nitrogens is 1. The maximum atomic E-state index is 12.7. The summed E-state index contributed by atoms with van der Waals surface area (Å²) in [6.45, 7) is 6.18. The van der Waals surface area contributed by atoms with Crippen molar-refractivity contribution in [2.45, 2.75) is 39.2 Å². The van der Waals surface area contributed by atoms with Crippen LogP contribution < -0.4 is 9.47 Å². The maximum Gasteiger partial charge on any atom is 0.573 e. The Morgan fingerprint density at radius 2 is 1.77 bits per heavy atom. The normalized spacial score (nSPS) is 14.6. The van der Waals surface area contributed by atoms with E-state index < -0.39 is 23.8 Å². The lowest BCUT2D eigenvalue weighted by Gasteiger charge is -2.29. The van der Waals surface area contributed by atoms with Gasteiger partial charge in [0, 0.05) is 24.8 Å². The van der Waals surface area contributed by atoms with E-state index in [0.717, 1.165) is 5.57 Å². The molecule has 0 fully saturated rings. The van der Waals surface area contributed by atoms with Crippen LogP contribution in [0.25, 0.3) is 5.57 Å². The van der Waals surface area contributed by atoms with Gasteiger partial charge in [0.1, 0.15) is 5.60 Å². The molecule has 2 aromatic rings. The number of rotatable bonds is 4. The molecule has 9 heteroatoms. The molecule has 0 N–H and O–H groups in total. The highest BCUT2D eigenvalue weighted by Crippen LogP contribution is 2.37. The van der Waals surface area contributed by atoms with Crippen molar-refractivity contribution < 1.29 is 32.2 Å². The zero-order chi connectivity index (χ0) is 22.6. The summed E-state index contributed by atoms with van der Waals surface area (Å²) < 4.78 is 53.2. The summed E-state index contributed by atoms with van der Waals surface area (Å²) in [5, 5.41) is 0. The number of hydrogen-bond acceptors (Lipinski definition) is 5. The first-order valence-electron chi connectivity index (χ1n) is 9.67. The predicted molar refractivity (Wildman–Crippen MR) is 108 cm³/mol. The molecular formula is C22H23F3N2O4. The van der Waals surface area contributed by atoms with Gasteiger partial charge >= 0.3 is 12.5 Å². The average molecular weight is 436 g/mol. The molecule has 0 saturated heterocycles. The largest absolute Gasteiger partial charge is 0.573 e. The Balaban J connectivity index is 1.79. The number of alkyl halides is 3. The van der Waals surface area contributed by atoms with E-state index >= 15 is 0 Å². The third-order valence-electron chi connectivity index (χ3n) is 4.26. The molecule has 2 heterocycles. The minimum atomic E-state index is -4.84. The molecule has 6 nitrogen and oxygen atoms in total. The molecule has 31 heavy (non-hydrogen) atoms. The summed E-state index contributed by atoms with van der Waals surface area (Å²) >= 11 is 0. The van der Waals surface area contributed by atoms with E-state index in [9.17, 15) is 18.0 Å². The number of halogens is 3. The van der Waals surface area contributed by atoms with Crippen LogP contribution in [0.2, 0.25) is 0 Å². The summed E-state index contributed by atoms with van der Waals surface area (Å²) in [4.78, 5) is 18.0. The van der Waals surface area contributed by atoms with Gasteiger partial charge in [-0.1, -0.05) is 18.2 Å². The van der Waals surface area contributed by atoms with Gasteiger partial charge in [0.15, 0.2) is 11.5 Å². The SMILES string of the molecule is CC(C)(C)OC(=O)N1CC=C(c2cccnc2Oc2ccccc2OC(F)(F)F)CC1. The van der Waals surface area contributed by atoms with Crippen LogP contribution in [-0.4, -0.2) is 41.0 Å². The fourth-order valence-corrected chi connectivity index (χ4v) is 2.97. The van der Waals surface area contributed by atoms with Crippen LogP contribution >= 0.6 is 0 Å². The zero-order valence-electron chi connectivity index (χ0n) is 17.4. The second kappa shape index (κ2) is 8.87. The molecule has 0 radical (unpaired) electrons. The minimum Gasteiger partial charge on any atom is -0.444 e. The molecular weight excluding hydrogens is 413 g/mol. The Morgan fingerprint density at radius 1 is 1.06 bits per heavy atom. The Morgan fingerprint density at radius 3 is 2.39 bits per heavy atom. The van der Waals surface area contributed by atoms with Crippen LogP contribution in [-0.2, 0) is 4.74 Å². The number of carbonyl (C=O) groups excluding carboxylic acids is 1. The van der Waals surface area contributed by atoms with Crippen molar-refractivity contribution in [3.05, 3.63) is 54.2 Å². The molecule has 1 aliphatic rings. The molecule has 0 saturated carbocycles. The Kier molecular flexibility index (Phi) is 6.42. The monoisotopic (exact) mass is 436 g/mol. The topological polar surface area (TPSA) is 60.9 Å². The molecule has 0 spiro atoms. The first-order chi connectivity index (χ1) is 14.5. The van der Waals surface area contributed by atoms with Gasteiger partial charge in [0.25, 0.3) is 0 Å². The summed E-state index contributed by atoms with van der Waals surface area (Å²) in [5.41, 5.74) is 0.919. The predicted octanol–water partition coefficient (Wildman–Crippen LogP) is 5.80. The Hall–Kier alpha value is -3.23. The van der Waals surface area contributed by atoms with E-state index in [1.807, 2.05) is 6.08 Å². The molecule has 0 atom stereocenters. The number of nitrogens with zero attached hydrogens (tertiary/aromatic N) is 2. The van der Waals surface area contributed by atoms with E-state index in [4.69, 9.17) is 9.47 Å². The Labute approximate surface area is 178 Å². The summed E-state index contributed by atoms with van der Waals surface area (Å²) in [6.07, 6.45) is -1.38. The van der Waals surface area contributed by atoms with Crippen molar-refractivity contribution in [3.8, 4) is 17.4 Å². The van der Waals surface area contributed by atoms with Crippen LogP contribution in [0.1, 0.15) is 32.8 Å². The van der Waals surface area contributed by atoms with Gasteiger partial charge < -0.3 is 19.1 Å². The van der Waals surface area contributed by atoms with Crippen molar-refractivity contribution >= 4 is 11.7 Å². The highest BCUT2D eigenvalue weighted by molar-refractivity contribution is 5.74. The van der Waals surface area contributed by atoms with Gasteiger partial charge in [-0.3, -0.25) is 0 Å². The number of hydrogen-bond donors (Lipinski definition) is 0. The fraction of sp³-hybridized carbons (Fsp3) is 0.364. The van der Waals surface area contributed by atoms with Crippen molar-refractivity contribution in [1.29, 1.82) is 0 Å². The highest BCUT2D eigenvalue weighted by Gasteiger charge is 2.32. The molecule has 3 rings (SSSR count). The quantitative estimate of drug-likeness (QED) is 0.607. The summed E-state index contributed by atoms with van der Waals surface area (Å²) in [7, 11) is 0. The number of pyridine rings is 1. The van der Waals surface area contributed by atoms with Crippen LogP contribution in [0.4, 0.5) is 18.0 Å². The number of ether oxygens (including phenoxy) is 3. The van der Waals surface area contributed by atoms with E-state index in [0.29, 0.717) is 25.1 Å². The third kappa shape index (κ3) is 6.37. The second-order valence-electron chi connectivity index (χ2n) is 7.86. The highest BCUT2D eigenvalue weighted by atomic mass is 19.4. The second-order valence-corrected chi connectivity index (χ2v) is 7.86. The third-order valence-corrected chi connectivity index (χ3v) is 4.26. The smallest absolute Gasteiger partial charge is 0.444 e.